The molecule has 13 heteroatoms. The van der Waals surface area contributed by atoms with Crippen molar-refractivity contribution >= 4 is 42.5 Å². The first-order valence-electron chi connectivity index (χ1n) is 15.2. The number of anilines is 2. The lowest BCUT2D eigenvalue weighted by molar-refractivity contribution is 0.284. The summed E-state index contributed by atoms with van der Waals surface area (Å²) in [6.07, 6.45) is 0.814. The molecule has 2 aliphatic rings. The average Bonchev–Trinajstić information content (AvgIpc) is 2.98. The monoisotopic (exact) mass is 695 g/mol. The van der Waals surface area contributed by atoms with Gasteiger partial charge in [0.2, 0.25) is 10.0 Å². The molecule has 0 bridgehead atoms. The minimum atomic E-state index is -4.58. The lowest BCUT2D eigenvalue weighted by Crippen LogP contribution is -2.27. The predicted octanol–water partition coefficient (Wildman–Crippen LogP) is 6.72. The number of halogens is 1. The average molecular weight is 696 g/mol. The third kappa shape index (κ3) is 7.93. The maximum atomic E-state index is 14.7. The molecule has 0 spiro atoms. The third-order valence-electron chi connectivity index (χ3n) is 7.46. The number of aliphatic hydroxyl groups excluding tert-OH is 1. The second kappa shape index (κ2) is 13.1. The molecule has 3 aromatic carbocycles. The van der Waals surface area contributed by atoms with Crippen LogP contribution in [-0.2, 0) is 20.1 Å². The number of hydrogen-bond donors (Lipinski definition) is 4. The van der Waals surface area contributed by atoms with E-state index in [1.807, 2.05) is 12.1 Å². The molecule has 3 aromatic rings. The molecular formula is C35H38FN3O7S2. The molecule has 0 fully saturated rings. The van der Waals surface area contributed by atoms with Gasteiger partial charge in [0.1, 0.15) is 17.2 Å². The van der Waals surface area contributed by atoms with Gasteiger partial charge in [-0.15, -0.1) is 0 Å². The van der Waals surface area contributed by atoms with Crippen LogP contribution in [-0.4, -0.2) is 45.2 Å². The van der Waals surface area contributed by atoms with Crippen LogP contribution in [0.4, 0.5) is 15.8 Å². The first-order chi connectivity index (χ1) is 22.4. The van der Waals surface area contributed by atoms with Crippen molar-refractivity contribution in [1.82, 2.24) is 4.72 Å². The van der Waals surface area contributed by atoms with E-state index in [1.165, 1.54) is 6.07 Å². The zero-order valence-electron chi connectivity index (χ0n) is 27.2. The van der Waals surface area contributed by atoms with E-state index in [4.69, 9.17) is 9.41 Å². The number of benzene rings is 4. The number of rotatable bonds is 10. The molecule has 0 amide bonds. The van der Waals surface area contributed by atoms with Crippen molar-refractivity contribution in [3.63, 3.8) is 0 Å². The van der Waals surface area contributed by atoms with Crippen molar-refractivity contribution < 1.29 is 35.3 Å². The van der Waals surface area contributed by atoms with Crippen molar-refractivity contribution in [2.24, 2.45) is 10.4 Å². The van der Waals surface area contributed by atoms with Gasteiger partial charge in [-0.25, -0.2) is 17.5 Å². The second-order valence-electron chi connectivity index (χ2n) is 13.4. The summed E-state index contributed by atoms with van der Waals surface area (Å²) >= 11 is 0. The van der Waals surface area contributed by atoms with E-state index in [0.29, 0.717) is 44.5 Å². The van der Waals surface area contributed by atoms with E-state index in [1.54, 1.807) is 42.5 Å². The molecule has 1 aliphatic carbocycles. The summed E-state index contributed by atoms with van der Waals surface area (Å²) in [7, 11) is -8.62. The van der Waals surface area contributed by atoms with Crippen molar-refractivity contribution in [1.29, 1.82) is 0 Å². The minimum absolute atomic E-state index is 0.00127. The van der Waals surface area contributed by atoms with Crippen molar-refractivity contribution in [2.45, 2.75) is 56.4 Å². The van der Waals surface area contributed by atoms with Gasteiger partial charge < -0.3 is 14.8 Å². The molecule has 48 heavy (non-hydrogen) atoms. The van der Waals surface area contributed by atoms with Crippen LogP contribution < -0.4 is 15.4 Å². The Morgan fingerprint density at radius 2 is 1.60 bits per heavy atom. The van der Waals surface area contributed by atoms with E-state index >= 15 is 0 Å². The Morgan fingerprint density at radius 1 is 0.875 bits per heavy atom. The quantitative estimate of drug-likeness (QED) is 0.0926. The zero-order chi connectivity index (χ0) is 35.1. The summed E-state index contributed by atoms with van der Waals surface area (Å²) in [4.78, 5) is 4.51. The van der Waals surface area contributed by atoms with Crippen LogP contribution in [0.5, 0.6) is 0 Å². The maximum absolute atomic E-state index is 14.7. The molecule has 254 valence electrons. The Kier molecular flexibility index (Phi) is 9.56. The van der Waals surface area contributed by atoms with E-state index in [2.05, 4.69) is 44.7 Å². The molecule has 0 aromatic heterocycles. The molecule has 0 atom stereocenters. The third-order valence-corrected chi connectivity index (χ3v) is 9.83. The van der Waals surface area contributed by atoms with Gasteiger partial charge in [-0.05, 0) is 74.2 Å². The van der Waals surface area contributed by atoms with Gasteiger partial charge in [0.15, 0.2) is 0 Å². The molecule has 5 rings (SSSR count). The van der Waals surface area contributed by atoms with Crippen molar-refractivity contribution in [3.8, 4) is 22.5 Å². The SMILES string of the molecule is CC(C)(C)CC(C)(C)N=c1ccc2c(-c3ccccc3S(=O)(=O)NCCO)c3ccc(Nc4cc(S(=O)(=O)O)ccc4F)cc3oc-2c1. The molecule has 0 saturated heterocycles. The number of nitrogens with zero attached hydrogens (tertiary/aromatic N) is 1. The Hall–Kier alpha value is -4.14. The first kappa shape index (κ1) is 35.2. The van der Waals surface area contributed by atoms with Crippen molar-refractivity contribution in [2.75, 3.05) is 18.5 Å². The molecule has 0 unspecified atom stereocenters. The van der Waals surface area contributed by atoms with Gasteiger partial charge in [0.25, 0.3) is 10.1 Å². The fourth-order valence-corrected chi connectivity index (χ4v) is 7.82. The van der Waals surface area contributed by atoms with Gasteiger partial charge in [0.05, 0.1) is 33.0 Å². The summed E-state index contributed by atoms with van der Waals surface area (Å²) in [6.45, 7) is 10.0. The molecule has 4 N–H and O–H groups in total. The second-order valence-corrected chi connectivity index (χ2v) is 16.5. The number of fused-ring (bicyclic) bond motifs is 2. The van der Waals surface area contributed by atoms with Crippen LogP contribution in [0.15, 0.2) is 98.1 Å². The van der Waals surface area contributed by atoms with Gasteiger partial charge in [-0.3, -0.25) is 9.55 Å². The standard InChI is InChI=1S/C35H38FN3O7S2/c1-34(2,3)21-35(4,5)39-23-11-14-26-31(19-23)46-30-18-22(38-29-20-24(48(43,44)45)12-15-28(29)36)10-13-25(30)33(26)27-8-6-7-9-32(27)47(41,42)37-16-17-40/h6-15,18-20,37-38,40H,16-17,21H2,1-5H3,(H,43,44,45). The molecule has 0 radical (unpaired) electrons. The normalized spacial score (nSPS) is 13.4. The maximum Gasteiger partial charge on any atom is 0.294 e. The van der Waals surface area contributed by atoms with Gasteiger partial charge in [-0.2, -0.15) is 8.42 Å². The van der Waals surface area contributed by atoms with E-state index in [0.717, 1.165) is 24.6 Å². The van der Waals surface area contributed by atoms with Crippen LogP contribution in [0.2, 0.25) is 0 Å². The Bertz CT molecular complexity index is 2260. The summed E-state index contributed by atoms with van der Waals surface area (Å²) in [5, 5.41) is 13.4. The zero-order valence-corrected chi connectivity index (χ0v) is 28.8. The molecule has 1 heterocycles. The smallest absolute Gasteiger partial charge is 0.294 e. The topological polar surface area (TPSA) is 158 Å². The number of sulfonamides is 1. The van der Waals surface area contributed by atoms with Crippen LogP contribution in [0.3, 0.4) is 0 Å². The molecular weight excluding hydrogens is 658 g/mol. The highest BCUT2D eigenvalue weighted by Gasteiger charge is 2.27. The Labute approximate surface area is 279 Å². The van der Waals surface area contributed by atoms with Crippen LogP contribution in [0, 0.1) is 11.2 Å². The number of nitrogens with one attached hydrogen (secondary N) is 2. The van der Waals surface area contributed by atoms with Gasteiger partial charge in [-0.1, -0.05) is 39.0 Å². The van der Waals surface area contributed by atoms with Gasteiger partial charge in [0, 0.05) is 46.4 Å². The molecule has 0 saturated carbocycles. The Morgan fingerprint density at radius 3 is 2.29 bits per heavy atom. The highest BCUT2D eigenvalue weighted by molar-refractivity contribution is 7.89. The lowest BCUT2D eigenvalue weighted by atomic mass is 9.82. The van der Waals surface area contributed by atoms with E-state index in [-0.39, 0.29) is 29.1 Å². The van der Waals surface area contributed by atoms with E-state index in [9.17, 15) is 30.9 Å². The fourth-order valence-electron chi connectivity index (χ4n) is 6.08. The Balaban J connectivity index is 1.76. The van der Waals surface area contributed by atoms with Crippen molar-refractivity contribution in [3.05, 3.63) is 90.0 Å². The highest BCUT2D eigenvalue weighted by atomic mass is 32.2. The first-order valence-corrected chi connectivity index (χ1v) is 18.1. The van der Waals surface area contributed by atoms with Crippen LogP contribution in [0.1, 0.15) is 41.0 Å². The summed E-state index contributed by atoms with van der Waals surface area (Å²) in [5.74, 6) is -0.338. The lowest BCUT2D eigenvalue weighted by Gasteiger charge is -2.29. The van der Waals surface area contributed by atoms with Crippen LogP contribution >= 0.6 is 0 Å². The largest absolute Gasteiger partial charge is 0.456 e. The van der Waals surface area contributed by atoms with Crippen LogP contribution in [0.25, 0.3) is 33.4 Å². The van der Waals surface area contributed by atoms with E-state index < -0.39 is 36.4 Å². The number of hydrogen-bond acceptors (Lipinski definition) is 8. The summed E-state index contributed by atoms with van der Waals surface area (Å²) in [6, 6.07) is 19.8. The number of aliphatic hydroxyl groups is 1. The highest BCUT2D eigenvalue weighted by Crippen LogP contribution is 2.43. The fraction of sp³-hybridized carbons (Fsp3) is 0.286. The minimum Gasteiger partial charge on any atom is -0.456 e. The predicted molar refractivity (Wildman–Crippen MR) is 184 cm³/mol. The molecule has 1 aliphatic heterocycles. The van der Waals surface area contributed by atoms with Gasteiger partial charge >= 0.3 is 0 Å². The summed E-state index contributed by atoms with van der Waals surface area (Å²) < 4.78 is 83.2. The molecule has 10 nitrogen and oxygen atoms in total. The summed E-state index contributed by atoms with van der Waals surface area (Å²) in [5.41, 5.74) is 1.65.